The minimum atomic E-state index is -0.0462. The first-order valence-corrected chi connectivity index (χ1v) is 6.98. The van der Waals surface area contributed by atoms with Crippen LogP contribution in [0.25, 0.3) is 11.3 Å². The SMILES string of the molecule is CN(Cc1ccccc1)C(=O)c1ccc(-c2cn[nH]c2)nc1. The Morgan fingerprint density at radius 3 is 2.59 bits per heavy atom. The summed E-state index contributed by atoms with van der Waals surface area (Å²) in [6, 6.07) is 13.5. The van der Waals surface area contributed by atoms with Crippen LogP contribution < -0.4 is 0 Å². The van der Waals surface area contributed by atoms with Gasteiger partial charge in [-0.2, -0.15) is 5.10 Å². The zero-order valence-electron chi connectivity index (χ0n) is 12.2. The van der Waals surface area contributed by atoms with Gasteiger partial charge in [-0.1, -0.05) is 30.3 Å². The molecule has 2 heterocycles. The van der Waals surface area contributed by atoms with Gasteiger partial charge in [0.2, 0.25) is 0 Å². The van der Waals surface area contributed by atoms with E-state index < -0.39 is 0 Å². The van der Waals surface area contributed by atoms with Crippen molar-refractivity contribution in [2.24, 2.45) is 0 Å². The summed E-state index contributed by atoms with van der Waals surface area (Å²) in [5, 5.41) is 6.64. The van der Waals surface area contributed by atoms with E-state index in [1.54, 1.807) is 36.6 Å². The highest BCUT2D eigenvalue weighted by Crippen LogP contribution is 2.15. The zero-order valence-corrected chi connectivity index (χ0v) is 12.2. The van der Waals surface area contributed by atoms with Crippen LogP contribution in [0, 0.1) is 0 Å². The number of aromatic amines is 1. The van der Waals surface area contributed by atoms with Gasteiger partial charge in [0, 0.05) is 31.5 Å². The Morgan fingerprint density at radius 2 is 1.95 bits per heavy atom. The van der Waals surface area contributed by atoms with Crippen LogP contribution >= 0.6 is 0 Å². The molecular weight excluding hydrogens is 276 g/mol. The number of nitrogens with one attached hydrogen (secondary N) is 1. The third kappa shape index (κ3) is 3.03. The molecule has 0 fully saturated rings. The third-order valence-corrected chi connectivity index (χ3v) is 3.41. The smallest absolute Gasteiger partial charge is 0.255 e. The first-order valence-electron chi connectivity index (χ1n) is 6.98. The molecule has 0 saturated heterocycles. The summed E-state index contributed by atoms with van der Waals surface area (Å²) in [5.74, 6) is -0.0462. The summed E-state index contributed by atoms with van der Waals surface area (Å²) < 4.78 is 0. The lowest BCUT2D eigenvalue weighted by Crippen LogP contribution is -2.26. The predicted molar refractivity (Wildman–Crippen MR) is 84.1 cm³/mol. The highest BCUT2D eigenvalue weighted by atomic mass is 16.2. The van der Waals surface area contributed by atoms with E-state index in [4.69, 9.17) is 0 Å². The van der Waals surface area contributed by atoms with E-state index in [0.717, 1.165) is 16.8 Å². The van der Waals surface area contributed by atoms with Crippen molar-refractivity contribution in [1.82, 2.24) is 20.1 Å². The van der Waals surface area contributed by atoms with E-state index in [-0.39, 0.29) is 5.91 Å². The normalized spacial score (nSPS) is 10.4. The molecule has 0 radical (unpaired) electrons. The number of carbonyl (C=O) groups excluding carboxylic acids is 1. The highest BCUT2D eigenvalue weighted by Gasteiger charge is 2.12. The molecule has 0 aliphatic heterocycles. The van der Waals surface area contributed by atoms with Crippen LogP contribution in [-0.4, -0.2) is 33.0 Å². The first kappa shape index (κ1) is 14.0. The van der Waals surface area contributed by atoms with Gasteiger partial charge in [0.1, 0.15) is 0 Å². The first-order chi connectivity index (χ1) is 10.7. The number of carbonyl (C=O) groups is 1. The zero-order chi connectivity index (χ0) is 15.4. The number of H-pyrrole nitrogens is 1. The quantitative estimate of drug-likeness (QED) is 0.804. The summed E-state index contributed by atoms with van der Waals surface area (Å²) in [6.45, 7) is 0.573. The van der Waals surface area contributed by atoms with E-state index >= 15 is 0 Å². The Bertz CT molecular complexity index is 736. The molecule has 3 rings (SSSR count). The number of rotatable bonds is 4. The van der Waals surface area contributed by atoms with Crippen LogP contribution in [0.15, 0.2) is 61.1 Å². The fourth-order valence-electron chi connectivity index (χ4n) is 2.23. The van der Waals surface area contributed by atoms with Crippen LogP contribution in [0.4, 0.5) is 0 Å². The van der Waals surface area contributed by atoms with Gasteiger partial charge in [-0.3, -0.25) is 14.9 Å². The lowest BCUT2D eigenvalue weighted by molar-refractivity contribution is 0.0784. The van der Waals surface area contributed by atoms with Crippen LogP contribution in [0.1, 0.15) is 15.9 Å². The molecule has 0 spiro atoms. The molecule has 3 aromatic rings. The number of benzene rings is 1. The van der Waals surface area contributed by atoms with Crippen molar-refractivity contribution < 1.29 is 4.79 Å². The van der Waals surface area contributed by atoms with Crippen LogP contribution in [0.5, 0.6) is 0 Å². The van der Waals surface area contributed by atoms with Gasteiger partial charge in [-0.25, -0.2) is 0 Å². The Balaban J connectivity index is 1.72. The summed E-state index contributed by atoms with van der Waals surface area (Å²) in [7, 11) is 1.79. The lowest BCUT2D eigenvalue weighted by Gasteiger charge is -2.17. The maximum atomic E-state index is 12.4. The number of pyridine rings is 1. The molecule has 0 aliphatic carbocycles. The molecule has 0 unspecified atom stereocenters. The second-order valence-corrected chi connectivity index (χ2v) is 5.07. The van der Waals surface area contributed by atoms with E-state index in [0.29, 0.717) is 12.1 Å². The van der Waals surface area contributed by atoms with Crippen molar-refractivity contribution in [2.45, 2.75) is 6.54 Å². The number of hydrogen-bond acceptors (Lipinski definition) is 3. The van der Waals surface area contributed by atoms with E-state index in [1.807, 2.05) is 36.4 Å². The molecule has 0 saturated carbocycles. The molecule has 5 heteroatoms. The Labute approximate surface area is 128 Å². The Kier molecular flexibility index (Phi) is 3.96. The Morgan fingerprint density at radius 1 is 1.14 bits per heavy atom. The molecule has 1 N–H and O–H groups in total. The van der Waals surface area contributed by atoms with Gasteiger partial charge in [0.05, 0.1) is 17.5 Å². The van der Waals surface area contributed by atoms with Gasteiger partial charge in [0.15, 0.2) is 0 Å². The third-order valence-electron chi connectivity index (χ3n) is 3.41. The van der Waals surface area contributed by atoms with Crippen LogP contribution in [0.3, 0.4) is 0 Å². The number of hydrogen-bond donors (Lipinski definition) is 1. The summed E-state index contributed by atoms with van der Waals surface area (Å²) in [6.07, 6.45) is 5.07. The molecule has 1 amide bonds. The van der Waals surface area contributed by atoms with Gasteiger partial charge in [-0.05, 0) is 17.7 Å². The molecule has 1 aromatic carbocycles. The van der Waals surface area contributed by atoms with Crippen molar-refractivity contribution >= 4 is 5.91 Å². The molecule has 2 aromatic heterocycles. The number of amides is 1. The fraction of sp³-hybridized carbons (Fsp3) is 0.118. The minimum Gasteiger partial charge on any atom is -0.337 e. The Hall–Kier alpha value is -2.95. The standard InChI is InChI=1S/C17H16N4O/c1-21(12-13-5-3-2-4-6-13)17(22)14-7-8-16(18-9-14)15-10-19-20-11-15/h2-11H,12H2,1H3,(H,19,20). The lowest BCUT2D eigenvalue weighted by atomic mass is 10.1. The fourth-order valence-corrected chi connectivity index (χ4v) is 2.23. The maximum absolute atomic E-state index is 12.4. The van der Waals surface area contributed by atoms with E-state index in [1.165, 1.54) is 0 Å². The molecule has 5 nitrogen and oxygen atoms in total. The maximum Gasteiger partial charge on any atom is 0.255 e. The summed E-state index contributed by atoms with van der Waals surface area (Å²) in [5.41, 5.74) is 3.36. The minimum absolute atomic E-state index is 0.0462. The van der Waals surface area contributed by atoms with Gasteiger partial charge in [0.25, 0.3) is 5.91 Å². The molecule has 22 heavy (non-hydrogen) atoms. The van der Waals surface area contributed by atoms with Gasteiger partial charge < -0.3 is 4.90 Å². The predicted octanol–water partition coefficient (Wildman–Crippen LogP) is 2.74. The van der Waals surface area contributed by atoms with E-state index in [9.17, 15) is 4.79 Å². The second kappa shape index (κ2) is 6.22. The second-order valence-electron chi connectivity index (χ2n) is 5.07. The van der Waals surface area contributed by atoms with Crippen molar-refractivity contribution in [3.63, 3.8) is 0 Å². The molecular formula is C17H16N4O. The van der Waals surface area contributed by atoms with Crippen molar-refractivity contribution in [3.8, 4) is 11.3 Å². The monoisotopic (exact) mass is 292 g/mol. The average molecular weight is 292 g/mol. The van der Waals surface area contributed by atoms with Crippen LogP contribution in [0.2, 0.25) is 0 Å². The van der Waals surface area contributed by atoms with Crippen molar-refractivity contribution in [2.75, 3.05) is 7.05 Å². The van der Waals surface area contributed by atoms with Crippen molar-refractivity contribution in [1.29, 1.82) is 0 Å². The highest BCUT2D eigenvalue weighted by molar-refractivity contribution is 5.94. The number of nitrogens with zero attached hydrogens (tertiary/aromatic N) is 3. The largest absolute Gasteiger partial charge is 0.337 e. The van der Waals surface area contributed by atoms with Gasteiger partial charge in [-0.15, -0.1) is 0 Å². The summed E-state index contributed by atoms with van der Waals surface area (Å²) in [4.78, 5) is 18.4. The van der Waals surface area contributed by atoms with Gasteiger partial charge >= 0.3 is 0 Å². The molecule has 0 bridgehead atoms. The topological polar surface area (TPSA) is 61.9 Å². The van der Waals surface area contributed by atoms with E-state index in [2.05, 4.69) is 15.2 Å². The summed E-state index contributed by atoms with van der Waals surface area (Å²) >= 11 is 0. The molecule has 110 valence electrons. The number of aromatic nitrogens is 3. The molecule has 0 atom stereocenters. The average Bonchev–Trinajstić information content (AvgIpc) is 3.10. The van der Waals surface area contributed by atoms with Crippen molar-refractivity contribution in [3.05, 3.63) is 72.2 Å². The van der Waals surface area contributed by atoms with Crippen LogP contribution in [-0.2, 0) is 6.54 Å². The molecule has 0 aliphatic rings.